The molecule has 3 aliphatic rings. The van der Waals surface area contributed by atoms with E-state index in [4.69, 9.17) is 9.47 Å². The highest BCUT2D eigenvalue weighted by Crippen LogP contribution is 2.53. The van der Waals surface area contributed by atoms with Crippen molar-refractivity contribution in [3.8, 4) is 5.75 Å². The van der Waals surface area contributed by atoms with Gasteiger partial charge in [0.25, 0.3) is 0 Å². The van der Waals surface area contributed by atoms with Crippen LogP contribution < -0.4 is 4.74 Å². The molecule has 0 saturated heterocycles. The van der Waals surface area contributed by atoms with Crippen LogP contribution in [0.5, 0.6) is 5.75 Å². The molecule has 1 aromatic heterocycles. The molecule has 1 N–H and O–H groups in total. The van der Waals surface area contributed by atoms with Crippen LogP contribution in [0.2, 0.25) is 0 Å². The van der Waals surface area contributed by atoms with E-state index in [1.54, 1.807) is 0 Å². The number of carbonyl (C=O) groups is 1. The van der Waals surface area contributed by atoms with Crippen molar-refractivity contribution < 1.29 is 14.3 Å². The predicted octanol–water partition coefficient (Wildman–Crippen LogP) is 6.21. The highest BCUT2D eigenvalue weighted by atomic mass is 16.5. The average molecular weight is 394 g/mol. The van der Waals surface area contributed by atoms with Gasteiger partial charge in [-0.3, -0.25) is 0 Å². The van der Waals surface area contributed by atoms with E-state index in [1.807, 2.05) is 19.2 Å². The second-order valence-corrected chi connectivity index (χ2v) is 8.05. The van der Waals surface area contributed by atoms with Crippen LogP contribution in [0.3, 0.4) is 0 Å². The van der Waals surface area contributed by atoms with Crippen molar-refractivity contribution in [2.24, 2.45) is 0 Å². The molecule has 0 fully saturated rings. The average Bonchev–Trinajstić information content (AvgIpc) is 3.22. The van der Waals surface area contributed by atoms with Crippen LogP contribution in [0.25, 0.3) is 5.57 Å². The minimum atomic E-state index is -0.246. The summed E-state index contributed by atoms with van der Waals surface area (Å²) in [7, 11) is 0. The van der Waals surface area contributed by atoms with Gasteiger partial charge in [0.05, 0.1) is 13.2 Å². The summed E-state index contributed by atoms with van der Waals surface area (Å²) in [6.07, 6.45) is 11.4. The normalized spacial score (nSPS) is 19.6. The van der Waals surface area contributed by atoms with Gasteiger partial charge in [0, 0.05) is 18.0 Å². The van der Waals surface area contributed by atoms with Gasteiger partial charge in [-0.25, -0.2) is 4.79 Å². The molecule has 0 saturated carbocycles. The SMILES string of the molecule is CCCCCCOc1cccc(C2=CC3CCC2c2c3c[nH]c2C(=O)OCC)c1. The molecule has 2 aromatic rings. The molecule has 0 amide bonds. The first-order chi connectivity index (χ1) is 14.2. The maximum absolute atomic E-state index is 12.5. The van der Waals surface area contributed by atoms with E-state index in [9.17, 15) is 4.79 Å². The fraction of sp³-hybridized carbons (Fsp3) is 0.480. The van der Waals surface area contributed by atoms with Gasteiger partial charge in [0.15, 0.2) is 0 Å². The molecule has 154 valence electrons. The van der Waals surface area contributed by atoms with E-state index in [-0.39, 0.29) is 11.9 Å². The second-order valence-electron chi connectivity index (χ2n) is 8.05. The van der Waals surface area contributed by atoms with Gasteiger partial charge >= 0.3 is 5.97 Å². The Bertz CT molecular complexity index is 895. The number of hydrogen-bond donors (Lipinski definition) is 1. The first-order valence-electron chi connectivity index (χ1n) is 11.1. The van der Waals surface area contributed by atoms with Gasteiger partial charge in [-0.2, -0.15) is 0 Å². The number of hydrogen-bond acceptors (Lipinski definition) is 3. The smallest absolute Gasteiger partial charge is 0.355 e. The lowest BCUT2D eigenvalue weighted by Gasteiger charge is -2.36. The number of aromatic amines is 1. The number of carbonyl (C=O) groups excluding carboxylic acids is 1. The zero-order valence-corrected chi connectivity index (χ0v) is 17.5. The van der Waals surface area contributed by atoms with Gasteiger partial charge in [-0.05, 0) is 60.6 Å². The van der Waals surface area contributed by atoms with Crippen molar-refractivity contribution in [3.63, 3.8) is 0 Å². The third-order valence-electron chi connectivity index (χ3n) is 6.14. The molecule has 2 bridgehead atoms. The highest BCUT2D eigenvalue weighted by Gasteiger charge is 2.38. The van der Waals surface area contributed by atoms with Gasteiger partial charge in [-0.15, -0.1) is 0 Å². The molecule has 29 heavy (non-hydrogen) atoms. The number of unbranched alkanes of at least 4 members (excludes halogenated alkanes) is 3. The lowest BCUT2D eigenvalue weighted by Crippen LogP contribution is -2.22. The summed E-state index contributed by atoms with van der Waals surface area (Å²) in [5, 5.41) is 0. The van der Waals surface area contributed by atoms with Crippen LogP contribution in [0.4, 0.5) is 0 Å². The number of fused-ring (bicyclic) bond motifs is 1. The summed E-state index contributed by atoms with van der Waals surface area (Å²) in [6, 6.07) is 8.43. The lowest BCUT2D eigenvalue weighted by molar-refractivity contribution is 0.0518. The van der Waals surface area contributed by atoms with E-state index in [0.717, 1.165) is 37.2 Å². The summed E-state index contributed by atoms with van der Waals surface area (Å²) >= 11 is 0. The van der Waals surface area contributed by atoms with Crippen LogP contribution in [-0.4, -0.2) is 24.2 Å². The van der Waals surface area contributed by atoms with E-state index in [2.05, 4.69) is 36.2 Å². The molecular formula is C25H31NO3. The number of benzene rings is 1. The van der Waals surface area contributed by atoms with Gasteiger partial charge < -0.3 is 14.5 Å². The molecule has 3 aliphatic carbocycles. The fourth-order valence-electron chi connectivity index (χ4n) is 4.75. The number of nitrogens with one attached hydrogen (secondary N) is 1. The standard InChI is InChI=1S/C25H31NO3/c1-3-5-6-7-13-29-19-10-8-9-17(14-19)21-15-18-11-12-20(21)23-22(18)16-26-24(23)25(27)28-4-2/h8-10,14-16,18,20,26H,3-7,11-13H2,1-2H3. The summed E-state index contributed by atoms with van der Waals surface area (Å²) in [5.74, 6) is 1.29. The lowest BCUT2D eigenvalue weighted by atomic mass is 9.67. The number of allylic oxidation sites excluding steroid dienone is 2. The molecule has 4 nitrogen and oxygen atoms in total. The third-order valence-corrected chi connectivity index (χ3v) is 6.14. The van der Waals surface area contributed by atoms with E-state index < -0.39 is 0 Å². The van der Waals surface area contributed by atoms with Crippen LogP contribution in [0.15, 0.2) is 36.5 Å². The molecule has 4 heteroatoms. The van der Waals surface area contributed by atoms with E-state index in [1.165, 1.54) is 36.0 Å². The number of aromatic nitrogens is 1. The Kier molecular flexibility index (Phi) is 6.08. The number of H-pyrrole nitrogens is 1. The zero-order valence-electron chi connectivity index (χ0n) is 17.5. The molecular weight excluding hydrogens is 362 g/mol. The van der Waals surface area contributed by atoms with Crippen molar-refractivity contribution >= 4 is 11.5 Å². The van der Waals surface area contributed by atoms with E-state index >= 15 is 0 Å². The topological polar surface area (TPSA) is 51.3 Å². The van der Waals surface area contributed by atoms with Crippen molar-refractivity contribution in [2.45, 2.75) is 64.2 Å². The summed E-state index contributed by atoms with van der Waals surface area (Å²) in [6.45, 7) is 5.22. The first kappa shape index (κ1) is 19.8. The molecule has 0 radical (unpaired) electrons. The largest absolute Gasteiger partial charge is 0.494 e. The van der Waals surface area contributed by atoms with Crippen molar-refractivity contribution in [1.29, 1.82) is 0 Å². The maximum Gasteiger partial charge on any atom is 0.355 e. The Morgan fingerprint density at radius 1 is 1.17 bits per heavy atom. The van der Waals surface area contributed by atoms with E-state index in [0.29, 0.717) is 18.2 Å². The molecule has 2 atom stereocenters. The van der Waals surface area contributed by atoms with Gasteiger partial charge in [0.2, 0.25) is 0 Å². The minimum absolute atomic E-state index is 0.237. The van der Waals surface area contributed by atoms with Crippen LogP contribution in [0, 0.1) is 0 Å². The Labute approximate surface area is 173 Å². The Balaban J connectivity index is 1.54. The minimum Gasteiger partial charge on any atom is -0.494 e. The third kappa shape index (κ3) is 3.98. The Morgan fingerprint density at radius 3 is 2.90 bits per heavy atom. The Hall–Kier alpha value is -2.49. The summed E-state index contributed by atoms with van der Waals surface area (Å²) in [4.78, 5) is 15.6. The fourth-order valence-corrected chi connectivity index (χ4v) is 4.75. The number of esters is 1. The molecule has 0 aliphatic heterocycles. The monoisotopic (exact) mass is 393 g/mol. The van der Waals surface area contributed by atoms with Crippen molar-refractivity contribution in [2.75, 3.05) is 13.2 Å². The number of rotatable bonds is 9. The van der Waals surface area contributed by atoms with Crippen LogP contribution in [-0.2, 0) is 4.74 Å². The van der Waals surface area contributed by atoms with Gasteiger partial charge in [-0.1, -0.05) is 44.4 Å². The second kappa shape index (κ2) is 8.89. The Morgan fingerprint density at radius 2 is 2.07 bits per heavy atom. The van der Waals surface area contributed by atoms with Crippen molar-refractivity contribution in [3.05, 3.63) is 58.9 Å². The molecule has 0 spiro atoms. The zero-order chi connectivity index (χ0) is 20.2. The predicted molar refractivity (Wildman–Crippen MR) is 116 cm³/mol. The summed E-state index contributed by atoms with van der Waals surface area (Å²) < 4.78 is 11.3. The number of ether oxygens (including phenoxy) is 2. The first-order valence-corrected chi connectivity index (χ1v) is 11.1. The molecule has 1 aromatic carbocycles. The van der Waals surface area contributed by atoms with Gasteiger partial charge in [0.1, 0.15) is 11.4 Å². The quantitative estimate of drug-likeness (QED) is 0.407. The maximum atomic E-state index is 12.5. The van der Waals surface area contributed by atoms with Crippen LogP contribution in [0.1, 0.15) is 91.4 Å². The highest BCUT2D eigenvalue weighted by molar-refractivity contribution is 5.92. The molecule has 1 heterocycles. The molecule has 2 unspecified atom stereocenters. The van der Waals surface area contributed by atoms with Crippen molar-refractivity contribution in [1.82, 2.24) is 4.98 Å². The molecule has 5 rings (SSSR count). The summed E-state index contributed by atoms with van der Waals surface area (Å²) in [5.41, 5.74) is 5.55. The van der Waals surface area contributed by atoms with Crippen LogP contribution >= 0.6 is 0 Å².